The fraction of sp³-hybridized carbons (Fsp3) is 0.500. The minimum atomic E-state index is -0.449. The first kappa shape index (κ1) is 10.5. The molecule has 0 radical (unpaired) electrons. The van der Waals surface area contributed by atoms with E-state index in [4.69, 9.17) is 0 Å². The van der Waals surface area contributed by atoms with Crippen molar-refractivity contribution in [2.24, 2.45) is 0 Å². The Labute approximate surface area is 70.8 Å². The summed E-state index contributed by atoms with van der Waals surface area (Å²) >= 11 is 0. The number of esters is 2. The van der Waals surface area contributed by atoms with Gasteiger partial charge in [0.25, 0.3) is 0 Å². The van der Waals surface area contributed by atoms with Gasteiger partial charge in [0.05, 0.1) is 0 Å². The van der Waals surface area contributed by atoms with Crippen molar-refractivity contribution < 1.29 is 19.1 Å². The van der Waals surface area contributed by atoms with Crippen molar-refractivity contribution in [3.05, 3.63) is 0 Å². The monoisotopic (exact) mass is 170 g/mol. The lowest BCUT2D eigenvalue weighted by Crippen LogP contribution is -1.99. The Hall–Kier alpha value is -1.50. The summed E-state index contributed by atoms with van der Waals surface area (Å²) < 4.78 is 8.88. The van der Waals surface area contributed by atoms with E-state index >= 15 is 0 Å². The molecule has 0 rings (SSSR count). The molecule has 0 aliphatic heterocycles. The fourth-order valence-electron chi connectivity index (χ4n) is 0.405. The molecule has 0 aliphatic rings. The molecule has 0 aromatic heterocycles. The van der Waals surface area contributed by atoms with Crippen molar-refractivity contribution in [1.82, 2.24) is 0 Å². The Morgan fingerprint density at radius 3 is 2.42 bits per heavy atom. The lowest BCUT2D eigenvalue weighted by atomic mass is 10.5. The Bertz CT molecular complexity index is 221. The van der Waals surface area contributed by atoms with Crippen molar-refractivity contribution in [2.45, 2.75) is 20.3 Å². The Morgan fingerprint density at radius 2 is 1.92 bits per heavy atom. The van der Waals surface area contributed by atoms with Gasteiger partial charge in [-0.25, -0.2) is 0 Å². The van der Waals surface area contributed by atoms with E-state index in [0.717, 1.165) is 0 Å². The average Bonchev–Trinajstić information content (AvgIpc) is 1.95. The molecule has 66 valence electrons. The molecule has 0 spiro atoms. The first-order valence-electron chi connectivity index (χ1n) is 3.41. The van der Waals surface area contributed by atoms with Crippen LogP contribution < -0.4 is 0 Å². The van der Waals surface area contributed by atoms with Crippen molar-refractivity contribution in [1.29, 1.82) is 0 Å². The highest BCUT2D eigenvalue weighted by Gasteiger charge is 1.89. The third-order valence-corrected chi connectivity index (χ3v) is 0.799. The Morgan fingerprint density at radius 1 is 1.25 bits per heavy atom. The molecule has 0 unspecified atom stereocenters. The molecule has 0 saturated carbocycles. The van der Waals surface area contributed by atoms with E-state index in [1.807, 2.05) is 0 Å². The highest BCUT2D eigenvalue weighted by atomic mass is 16.5. The van der Waals surface area contributed by atoms with Crippen LogP contribution in [0.5, 0.6) is 0 Å². The van der Waals surface area contributed by atoms with Gasteiger partial charge in [-0.05, 0) is 0 Å². The van der Waals surface area contributed by atoms with Crippen LogP contribution in [0.2, 0.25) is 0 Å². The molecular formula is C8H10O4. The molecule has 0 bridgehead atoms. The smallest absolute Gasteiger partial charge is 0.316 e. The summed E-state index contributed by atoms with van der Waals surface area (Å²) in [6.45, 7) is 2.81. The zero-order chi connectivity index (χ0) is 9.40. The molecule has 4 heteroatoms. The minimum Gasteiger partial charge on any atom is -0.465 e. The van der Waals surface area contributed by atoms with Gasteiger partial charge in [0.1, 0.15) is 12.7 Å². The third kappa shape index (κ3) is 8.50. The first-order valence-corrected chi connectivity index (χ1v) is 3.41. The summed E-state index contributed by atoms with van der Waals surface area (Å²) in [6, 6.07) is 0. The molecular weight excluding hydrogens is 160 g/mol. The first-order chi connectivity index (χ1) is 5.63. The molecule has 0 aliphatic carbocycles. The van der Waals surface area contributed by atoms with Crippen LogP contribution in [0.1, 0.15) is 20.3 Å². The molecule has 0 N–H and O–H groups in total. The molecule has 0 saturated heterocycles. The summed E-state index contributed by atoms with van der Waals surface area (Å²) in [6.07, 6.45) is 2.54. The third-order valence-electron chi connectivity index (χ3n) is 0.799. The number of ether oxygens (including phenoxy) is 2. The number of carbonyl (C=O) groups is 2. The molecule has 0 aromatic rings. The van der Waals surface area contributed by atoms with Gasteiger partial charge in [0.2, 0.25) is 0 Å². The molecule has 12 heavy (non-hydrogen) atoms. The predicted molar refractivity (Wildman–Crippen MR) is 40.8 cm³/mol. The van der Waals surface area contributed by atoms with Crippen LogP contribution in [0, 0.1) is 12.0 Å². The van der Waals surface area contributed by atoms with E-state index < -0.39 is 5.97 Å². The largest absolute Gasteiger partial charge is 0.465 e. The zero-order valence-electron chi connectivity index (χ0n) is 7.05. The molecule has 0 aromatic carbocycles. The normalized spacial score (nSPS) is 7.83. The second-order valence-corrected chi connectivity index (χ2v) is 1.96. The van der Waals surface area contributed by atoms with Crippen LogP contribution >= 0.6 is 0 Å². The number of carbonyl (C=O) groups excluding carboxylic acids is 2. The van der Waals surface area contributed by atoms with Crippen LogP contribution in [-0.4, -0.2) is 18.5 Å². The second-order valence-electron chi connectivity index (χ2n) is 1.96. The highest BCUT2D eigenvalue weighted by molar-refractivity contribution is 5.67. The zero-order valence-corrected chi connectivity index (χ0v) is 7.05. The quantitative estimate of drug-likeness (QED) is 0.343. The molecule has 4 nitrogen and oxygen atoms in total. The molecule has 0 heterocycles. The number of hydrogen-bond donors (Lipinski definition) is 0. The van der Waals surface area contributed by atoms with Crippen LogP contribution in [-0.2, 0) is 19.1 Å². The topological polar surface area (TPSA) is 52.6 Å². The van der Waals surface area contributed by atoms with Gasteiger partial charge in [0, 0.05) is 20.3 Å². The summed E-state index contributed by atoms with van der Waals surface area (Å²) in [5, 5.41) is 0. The summed E-state index contributed by atoms with van der Waals surface area (Å²) in [4.78, 5) is 20.4. The van der Waals surface area contributed by atoms with E-state index in [-0.39, 0.29) is 12.6 Å². The lowest BCUT2D eigenvalue weighted by molar-refractivity contribution is -0.140. The number of hydrogen-bond acceptors (Lipinski definition) is 4. The SMILES string of the molecule is CC(=O)OC#CCCOC(C)=O. The maximum absolute atomic E-state index is 10.2. The van der Waals surface area contributed by atoms with Crippen LogP contribution in [0.3, 0.4) is 0 Å². The minimum absolute atomic E-state index is 0.226. The lowest BCUT2D eigenvalue weighted by Gasteiger charge is -1.94. The standard InChI is InChI=1S/C8H10O4/c1-7(9)11-5-3-4-6-12-8(2)10/h3,5H2,1-2H3. The molecule has 0 atom stereocenters. The summed E-state index contributed by atoms with van der Waals surface area (Å²) in [7, 11) is 0. The Kier molecular flexibility index (Phi) is 5.45. The Balaban J connectivity index is 3.33. The fourth-order valence-corrected chi connectivity index (χ4v) is 0.405. The highest BCUT2D eigenvalue weighted by Crippen LogP contribution is 1.81. The summed E-state index contributed by atoms with van der Waals surface area (Å²) in [5.41, 5.74) is 0. The molecule has 0 fully saturated rings. The van der Waals surface area contributed by atoms with Crippen molar-refractivity contribution in [3.8, 4) is 12.0 Å². The van der Waals surface area contributed by atoms with Crippen LogP contribution in [0.25, 0.3) is 0 Å². The van der Waals surface area contributed by atoms with Crippen molar-refractivity contribution in [3.63, 3.8) is 0 Å². The second kappa shape index (κ2) is 6.23. The van der Waals surface area contributed by atoms with Gasteiger partial charge in [-0.15, -0.1) is 0 Å². The maximum atomic E-state index is 10.2. The van der Waals surface area contributed by atoms with E-state index in [0.29, 0.717) is 6.42 Å². The van der Waals surface area contributed by atoms with Gasteiger partial charge < -0.3 is 9.47 Å². The average molecular weight is 170 g/mol. The van der Waals surface area contributed by atoms with Gasteiger partial charge in [-0.2, -0.15) is 0 Å². The van der Waals surface area contributed by atoms with Gasteiger partial charge >= 0.3 is 11.9 Å². The van der Waals surface area contributed by atoms with Gasteiger partial charge in [-0.1, -0.05) is 5.92 Å². The van der Waals surface area contributed by atoms with Gasteiger partial charge in [-0.3, -0.25) is 9.59 Å². The van der Waals surface area contributed by atoms with E-state index in [1.165, 1.54) is 13.8 Å². The van der Waals surface area contributed by atoms with E-state index in [2.05, 4.69) is 21.5 Å². The summed E-state index contributed by atoms with van der Waals surface area (Å²) in [5.74, 6) is 1.71. The molecule has 0 amide bonds. The van der Waals surface area contributed by atoms with Crippen LogP contribution in [0.4, 0.5) is 0 Å². The van der Waals surface area contributed by atoms with E-state index in [9.17, 15) is 9.59 Å². The van der Waals surface area contributed by atoms with Crippen LogP contribution in [0.15, 0.2) is 0 Å². The van der Waals surface area contributed by atoms with Crippen molar-refractivity contribution >= 4 is 11.9 Å². The maximum Gasteiger partial charge on any atom is 0.316 e. The predicted octanol–water partition coefficient (Wildman–Crippen LogP) is 0.464. The van der Waals surface area contributed by atoms with E-state index in [1.54, 1.807) is 0 Å². The van der Waals surface area contributed by atoms with Crippen molar-refractivity contribution in [2.75, 3.05) is 6.61 Å². The van der Waals surface area contributed by atoms with Gasteiger partial charge in [0.15, 0.2) is 0 Å². The number of rotatable bonds is 2.